The molecule has 0 saturated carbocycles. The molecular formula is C21H20ClNO4. The van der Waals surface area contributed by atoms with Gasteiger partial charge in [0.2, 0.25) is 0 Å². The Labute approximate surface area is 162 Å². The average Bonchev–Trinajstić information content (AvgIpc) is 3.07. The number of rotatable bonds is 8. The number of carbonyl (C=O) groups excluding carboxylic acids is 1. The minimum Gasteiger partial charge on any atom is -0.485 e. The van der Waals surface area contributed by atoms with Gasteiger partial charge in [0.25, 0.3) is 0 Å². The zero-order chi connectivity index (χ0) is 19.2. The lowest BCUT2D eigenvalue weighted by atomic mass is 9.98. The van der Waals surface area contributed by atoms with Crippen molar-refractivity contribution < 1.29 is 18.8 Å². The molecular weight excluding hydrogens is 366 g/mol. The first kappa shape index (κ1) is 19.0. The monoisotopic (exact) mass is 385 g/mol. The quantitative estimate of drug-likeness (QED) is 0.373. The number of carbonyl (C=O) groups is 1. The lowest BCUT2D eigenvalue weighted by Crippen LogP contribution is -1.98. The maximum atomic E-state index is 10.6. The molecule has 0 spiro atoms. The van der Waals surface area contributed by atoms with Crippen molar-refractivity contribution in [1.82, 2.24) is 5.16 Å². The molecule has 27 heavy (non-hydrogen) atoms. The Balaban J connectivity index is 2.09. The van der Waals surface area contributed by atoms with Crippen molar-refractivity contribution in [2.75, 3.05) is 6.61 Å². The first-order valence-electron chi connectivity index (χ1n) is 8.74. The molecule has 0 atom stereocenters. The Bertz CT molecular complexity index is 978. The van der Waals surface area contributed by atoms with E-state index in [9.17, 15) is 4.79 Å². The Hall–Kier alpha value is -2.79. The highest BCUT2D eigenvalue weighted by Crippen LogP contribution is 2.37. The van der Waals surface area contributed by atoms with Crippen LogP contribution in [0.25, 0.3) is 22.2 Å². The molecule has 6 heteroatoms. The molecule has 0 fully saturated rings. The van der Waals surface area contributed by atoms with Crippen molar-refractivity contribution in [3.63, 3.8) is 0 Å². The van der Waals surface area contributed by atoms with Gasteiger partial charge in [0.1, 0.15) is 23.8 Å². The van der Waals surface area contributed by atoms with Crippen molar-refractivity contribution in [3.8, 4) is 22.8 Å². The van der Waals surface area contributed by atoms with Gasteiger partial charge in [0.15, 0.2) is 11.9 Å². The van der Waals surface area contributed by atoms with Crippen molar-refractivity contribution in [3.05, 3.63) is 53.3 Å². The van der Waals surface area contributed by atoms with Crippen molar-refractivity contribution in [1.29, 1.82) is 0 Å². The third kappa shape index (κ3) is 4.14. The largest absolute Gasteiger partial charge is 0.485 e. The van der Waals surface area contributed by atoms with Crippen LogP contribution >= 0.6 is 11.6 Å². The van der Waals surface area contributed by atoms with Crippen molar-refractivity contribution >= 4 is 28.9 Å². The fraction of sp³-hybridized carbons (Fsp3) is 0.238. The molecule has 5 nitrogen and oxygen atoms in total. The predicted molar refractivity (Wildman–Crippen MR) is 105 cm³/mol. The summed E-state index contributed by atoms with van der Waals surface area (Å²) in [5.41, 5.74) is 3.34. The molecule has 3 rings (SSSR count). The number of allylic oxidation sites excluding steroid dienone is 1. The van der Waals surface area contributed by atoms with Crippen LogP contribution in [-0.2, 0) is 11.2 Å². The molecule has 0 N–H and O–H groups in total. The fourth-order valence-electron chi connectivity index (χ4n) is 2.87. The van der Waals surface area contributed by atoms with Gasteiger partial charge in [-0.1, -0.05) is 36.2 Å². The van der Waals surface area contributed by atoms with Gasteiger partial charge in [0.05, 0.1) is 16.7 Å². The number of aldehydes is 1. The van der Waals surface area contributed by atoms with E-state index in [-0.39, 0.29) is 6.61 Å². The summed E-state index contributed by atoms with van der Waals surface area (Å²) in [6.07, 6.45) is 6.02. The van der Waals surface area contributed by atoms with Crippen molar-refractivity contribution in [2.24, 2.45) is 0 Å². The van der Waals surface area contributed by atoms with E-state index in [1.807, 2.05) is 31.2 Å². The summed E-state index contributed by atoms with van der Waals surface area (Å²) in [5.74, 6) is 1.19. The van der Waals surface area contributed by atoms with Gasteiger partial charge in [0, 0.05) is 11.6 Å². The lowest BCUT2D eigenvalue weighted by Gasteiger charge is -2.10. The van der Waals surface area contributed by atoms with E-state index < -0.39 is 0 Å². The van der Waals surface area contributed by atoms with Crippen LogP contribution < -0.4 is 9.47 Å². The van der Waals surface area contributed by atoms with Gasteiger partial charge in [-0.05, 0) is 43.2 Å². The van der Waals surface area contributed by atoms with Crippen LogP contribution in [0.15, 0.2) is 47.2 Å². The highest BCUT2D eigenvalue weighted by Gasteiger charge is 2.17. The Morgan fingerprint density at radius 3 is 2.85 bits per heavy atom. The van der Waals surface area contributed by atoms with E-state index in [2.05, 4.69) is 12.1 Å². The lowest BCUT2D eigenvalue weighted by molar-refractivity contribution is -0.109. The second-order valence-electron chi connectivity index (χ2n) is 5.94. The van der Waals surface area contributed by atoms with Crippen LogP contribution in [0.4, 0.5) is 0 Å². The zero-order valence-corrected chi connectivity index (χ0v) is 16.0. The minimum absolute atomic E-state index is 0.0656. The number of benzene rings is 2. The summed E-state index contributed by atoms with van der Waals surface area (Å²) in [5, 5.41) is 5.40. The topological polar surface area (TPSA) is 61.6 Å². The summed E-state index contributed by atoms with van der Waals surface area (Å²) in [6.45, 7) is 3.96. The number of fused-ring (bicyclic) bond motifs is 1. The number of aromatic nitrogens is 1. The molecule has 3 aromatic rings. The van der Waals surface area contributed by atoms with Gasteiger partial charge >= 0.3 is 0 Å². The van der Waals surface area contributed by atoms with Crippen LogP contribution in [0.3, 0.4) is 0 Å². The van der Waals surface area contributed by atoms with Gasteiger partial charge < -0.3 is 14.0 Å². The summed E-state index contributed by atoms with van der Waals surface area (Å²) in [7, 11) is 0. The first-order chi connectivity index (χ1) is 13.2. The van der Waals surface area contributed by atoms with E-state index in [1.54, 1.807) is 18.4 Å². The molecule has 1 aromatic heterocycles. The summed E-state index contributed by atoms with van der Waals surface area (Å²) >= 11 is 6.19. The third-order valence-electron chi connectivity index (χ3n) is 4.02. The van der Waals surface area contributed by atoms with Crippen LogP contribution in [-0.4, -0.2) is 18.0 Å². The predicted octanol–water partition coefficient (Wildman–Crippen LogP) is 5.59. The maximum Gasteiger partial charge on any atom is 0.169 e. The number of nitrogens with zero attached hydrogens (tertiary/aromatic N) is 1. The highest BCUT2D eigenvalue weighted by molar-refractivity contribution is 6.32. The van der Waals surface area contributed by atoms with Crippen LogP contribution in [0.5, 0.6) is 11.5 Å². The number of aryl methyl sites for hydroxylation is 1. The highest BCUT2D eigenvalue weighted by atomic mass is 35.5. The molecule has 0 saturated heterocycles. The fourth-order valence-corrected chi connectivity index (χ4v) is 3.07. The smallest absolute Gasteiger partial charge is 0.169 e. The van der Waals surface area contributed by atoms with Gasteiger partial charge in [-0.3, -0.25) is 4.79 Å². The second kappa shape index (κ2) is 8.73. The standard InChI is InChI=1S/C21H20ClNO4/c1-3-5-14-11-15(25-9-4-2)6-7-16(14)21-17-12-20(26-10-8-24)18(22)13-19(17)27-23-21/h4,6-9,11-13H,3,5,10H2,1-2H3/b9-4+. The first-order valence-corrected chi connectivity index (χ1v) is 9.12. The molecule has 1 heterocycles. The third-order valence-corrected chi connectivity index (χ3v) is 4.32. The van der Waals surface area contributed by atoms with Crippen LogP contribution in [0.1, 0.15) is 25.8 Å². The van der Waals surface area contributed by atoms with Gasteiger partial charge in [-0.15, -0.1) is 0 Å². The molecule has 0 aliphatic carbocycles. The Morgan fingerprint density at radius 2 is 2.11 bits per heavy atom. The molecule has 0 bridgehead atoms. The molecule has 2 aromatic carbocycles. The number of hydrogen-bond donors (Lipinski definition) is 0. The maximum absolute atomic E-state index is 10.6. The number of hydrogen-bond acceptors (Lipinski definition) is 5. The molecule has 0 radical (unpaired) electrons. The number of ether oxygens (including phenoxy) is 2. The van der Waals surface area contributed by atoms with Gasteiger partial charge in [-0.25, -0.2) is 0 Å². The molecule has 140 valence electrons. The SMILES string of the molecule is C/C=C/Oc1ccc(-c2noc3cc(Cl)c(OCC=O)cc23)c(CCC)c1. The average molecular weight is 386 g/mol. The van der Waals surface area contributed by atoms with E-state index >= 15 is 0 Å². The zero-order valence-electron chi connectivity index (χ0n) is 15.2. The van der Waals surface area contributed by atoms with E-state index in [1.165, 1.54) is 0 Å². The van der Waals surface area contributed by atoms with Crippen molar-refractivity contribution in [2.45, 2.75) is 26.7 Å². The summed E-state index contributed by atoms with van der Waals surface area (Å²) in [6, 6.07) is 9.29. The summed E-state index contributed by atoms with van der Waals surface area (Å²) < 4.78 is 16.5. The second-order valence-corrected chi connectivity index (χ2v) is 6.35. The number of halogens is 1. The van der Waals surface area contributed by atoms with E-state index in [0.717, 1.165) is 35.1 Å². The molecule has 0 aliphatic rings. The minimum atomic E-state index is -0.0656. The van der Waals surface area contributed by atoms with Crippen LogP contribution in [0, 0.1) is 0 Å². The normalized spacial score (nSPS) is 11.2. The molecule has 0 aliphatic heterocycles. The van der Waals surface area contributed by atoms with Crippen LogP contribution in [0.2, 0.25) is 5.02 Å². The van der Waals surface area contributed by atoms with Gasteiger partial charge in [-0.2, -0.15) is 0 Å². The Kier molecular flexibility index (Phi) is 6.14. The molecule has 0 amide bonds. The molecule has 0 unspecified atom stereocenters. The van der Waals surface area contributed by atoms with E-state index in [0.29, 0.717) is 28.3 Å². The summed E-state index contributed by atoms with van der Waals surface area (Å²) in [4.78, 5) is 10.6. The Morgan fingerprint density at radius 1 is 1.26 bits per heavy atom. The van der Waals surface area contributed by atoms with E-state index in [4.69, 9.17) is 25.6 Å².